The van der Waals surface area contributed by atoms with E-state index in [2.05, 4.69) is 55.4 Å². The molecule has 4 aliphatic rings. The second-order valence-corrected chi connectivity index (χ2v) is 13.7. The molecule has 47 heavy (non-hydrogen) atoms. The van der Waals surface area contributed by atoms with Crippen LogP contribution in [-0.2, 0) is 11.2 Å². The van der Waals surface area contributed by atoms with E-state index < -0.39 is 6.23 Å². The van der Waals surface area contributed by atoms with Crippen LogP contribution in [0.4, 0.5) is 23.0 Å². The van der Waals surface area contributed by atoms with Gasteiger partial charge in [0.15, 0.2) is 11.6 Å². The maximum Gasteiger partial charge on any atom is 0.158 e. The van der Waals surface area contributed by atoms with E-state index in [-0.39, 0.29) is 6.04 Å². The van der Waals surface area contributed by atoms with Crippen molar-refractivity contribution in [1.29, 1.82) is 0 Å². The summed E-state index contributed by atoms with van der Waals surface area (Å²) in [6.45, 7) is 12.7. The molecule has 7 rings (SSSR count). The summed E-state index contributed by atoms with van der Waals surface area (Å²) in [4.78, 5) is 22.3. The molecule has 3 aromatic rings. The summed E-state index contributed by atoms with van der Waals surface area (Å²) in [5.41, 5.74) is 12.3. The van der Waals surface area contributed by atoms with Gasteiger partial charge in [0.1, 0.15) is 17.6 Å². The van der Waals surface area contributed by atoms with E-state index in [9.17, 15) is 5.11 Å². The third kappa shape index (κ3) is 7.54. The molecule has 1 unspecified atom stereocenters. The van der Waals surface area contributed by atoms with Gasteiger partial charge in [-0.05, 0) is 87.8 Å². The van der Waals surface area contributed by atoms with Crippen molar-refractivity contribution < 1.29 is 9.84 Å². The van der Waals surface area contributed by atoms with Crippen molar-refractivity contribution >= 4 is 23.0 Å². The zero-order valence-corrected chi connectivity index (χ0v) is 28.0. The number of nitrogens with one attached hydrogen (secondary N) is 2. The highest BCUT2D eigenvalue weighted by Crippen LogP contribution is 2.35. The van der Waals surface area contributed by atoms with Crippen LogP contribution in [0, 0.1) is 6.92 Å². The van der Waals surface area contributed by atoms with E-state index in [1.807, 2.05) is 19.1 Å². The first-order valence-corrected chi connectivity index (χ1v) is 17.7. The maximum atomic E-state index is 10.7. The van der Waals surface area contributed by atoms with Gasteiger partial charge in [0.05, 0.1) is 0 Å². The molecule has 252 valence electrons. The Hall–Kier alpha value is -3.35. The molecule has 0 spiro atoms. The lowest BCUT2D eigenvalue weighted by molar-refractivity contribution is 0.0809. The molecule has 4 fully saturated rings. The molecule has 0 bridgehead atoms. The number of rotatable bonds is 10. The Morgan fingerprint density at radius 2 is 1.60 bits per heavy atom. The lowest BCUT2D eigenvalue weighted by Gasteiger charge is -2.43. The molecule has 5 heterocycles. The number of pyridine rings is 1. The number of ether oxygens (including phenoxy) is 1. The van der Waals surface area contributed by atoms with E-state index >= 15 is 0 Å². The highest BCUT2D eigenvalue weighted by atomic mass is 16.5. The molecule has 0 amide bonds. The van der Waals surface area contributed by atoms with Crippen LogP contribution in [0.5, 0.6) is 0 Å². The molecule has 3 saturated heterocycles. The number of aliphatic hydroxyl groups excluding tert-OH is 1. The molecular formula is C36H51N9O2. The summed E-state index contributed by atoms with van der Waals surface area (Å²) >= 11 is 0. The minimum absolute atomic E-state index is 0.212. The molecule has 1 aromatic carbocycles. The number of anilines is 4. The number of hydrogen-bond donors (Lipinski definition) is 4. The van der Waals surface area contributed by atoms with Crippen LogP contribution in [0.3, 0.4) is 0 Å². The molecule has 3 aliphatic heterocycles. The fraction of sp³-hybridized carbons (Fsp3) is 0.583. The second-order valence-electron chi connectivity index (χ2n) is 13.7. The molecule has 1 saturated carbocycles. The van der Waals surface area contributed by atoms with Crippen LogP contribution in [0.2, 0.25) is 0 Å². The average Bonchev–Trinajstić information content (AvgIpc) is 3.95. The molecule has 11 nitrogen and oxygen atoms in total. The number of piperidine rings is 1. The topological polar surface area (TPSA) is 128 Å². The third-order valence-electron chi connectivity index (χ3n) is 10.4. The number of piperazine rings is 1. The summed E-state index contributed by atoms with van der Waals surface area (Å²) in [5.74, 6) is 1.10. The molecular weight excluding hydrogens is 590 g/mol. The van der Waals surface area contributed by atoms with Gasteiger partial charge in [-0.3, -0.25) is 14.8 Å². The van der Waals surface area contributed by atoms with Crippen molar-refractivity contribution in [1.82, 2.24) is 24.8 Å². The molecule has 1 aliphatic carbocycles. The summed E-state index contributed by atoms with van der Waals surface area (Å²) < 4.78 is 5.59. The van der Waals surface area contributed by atoms with E-state index in [0.29, 0.717) is 42.3 Å². The maximum absolute atomic E-state index is 10.7. The van der Waals surface area contributed by atoms with Crippen LogP contribution < -0.4 is 21.3 Å². The number of nitrogens with two attached hydrogens (primary N) is 1. The molecule has 11 heteroatoms. The average molecular weight is 642 g/mol. The van der Waals surface area contributed by atoms with Gasteiger partial charge in [-0.1, -0.05) is 6.92 Å². The number of benzene rings is 1. The summed E-state index contributed by atoms with van der Waals surface area (Å²) in [6.07, 6.45) is 8.40. The Balaban J connectivity index is 1.09. The minimum atomic E-state index is -1.30. The standard InChI is InChI=1S/C36H51N9O2/c1-3-25-23-28(4-7-31(25)45-14-9-30(10-15-45)44-18-16-43(17-19-44)29-5-6-29)40-36-33(34(37)46)41-32(26-8-13-38-24(2)22-26)35(42-36)39-27-11-20-47-21-12-27/h4,7-8,13,22-23,27,29-30,34,46H,3,5-6,9-12,14-21,37H2,1-2H3,(H2,39,40,42). The van der Waals surface area contributed by atoms with E-state index in [1.165, 1.54) is 63.1 Å². The lowest BCUT2D eigenvalue weighted by Crippen LogP contribution is -2.53. The molecule has 2 aromatic heterocycles. The predicted molar refractivity (Wildman–Crippen MR) is 187 cm³/mol. The molecule has 5 N–H and O–H groups in total. The smallest absolute Gasteiger partial charge is 0.158 e. The van der Waals surface area contributed by atoms with Gasteiger partial charge in [0.25, 0.3) is 0 Å². The largest absolute Gasteiger partial charge is 0.381 e. The second kappa shape index (κ2) is 14.4. The zero-order valence-electron chi connectivity index (χ0n) is 28.0. The Labute approximate surface area is 278 Å². The van der Waals surface area contributed by atoms with Gasteiger partial charge in [-0.2, -0.15) is 0 Å². The zero-order chi connectivity index (χ0) is 32.3. The number of nitrogens with zero attached hydrogens (tertiary/aromatic N) is 6. The lowest BCUT2D eigenvalue weighted by atomic mass is 9.99. The number of aliphatic hydroxyl groups is 1. The van der Waals surface area contributed by atoms with Crippen LogP contribution in [0.15, 0.2) is 36.5 Å². The van der Waals surface area contributed by atoms with Crippen LogP contribution in [0.1, 0.15) is 68.6 Å². The fourth-order valence-electron chi connectivity index (χ4n) is 7.55. The Kier molecular flexibility index (Phi) is 9.88. The Morgan fingerprint density at radius 3 is 2.23 bits per heavy atom. The summed E-state index contributed by atoms with van der Waals surface area (Å²) in [6, 6.07) is 12.2. The highest BCUT2D eigenvalue weighted by Gasteiger charge is 2.34. The normalized spacial score (nSPS) is 21.1. The fourth-order valence-corrected chi connectivity index (χ4v) is 7.55. The Bertz CT molecular complexity index is 1510. The number of aryl methyl sites for hydroxylation is 2. The first-order chi connectivity index (χ1) is 22.9. The third-order valence-corrected chi connectivity index (χ3v) is 10.4. The van der Waals surface area contributed by atoms with E-state index in [4.69, 9.17) is 20.4 Å². The SMILES string of the molecule is CCc1cc(Nc2nc(NC3CCOCC3)c(-c3ccnc(C)c3)nc2C(N)O)ccc1N1CCC(N2CCN(C3CC3)CC2)CC1. The first-order valence-electron chi connectivity index (χ1n) is 17.7. The highest BCUT2D eigenvalue weighted by molar-refractivity contribution is 5.75. The summed E-state index contributed by atoms with van der Waals surface area (Å²) in [5, 5.41) is 17.8. The quantitative estimate of drug-likeness (QED) is 0.235. The van der Waals surface area contributed by atoms with Gasteiger partial charge in [-0.25, -0.2) is 9.97 Å². The number of hydrogen-bond acceptors (Lipinski definition) is 11. The van der Waals surface area contributed by atoms with Crippen molar-refractivity contribution in [3.8, 4) is 11.3 Å². The van der Waals surface area contributed by atoms with Crippen molar-refractivity contribution in [2.45, 2.75) is 83.1 Å². The van der Waals surface area contributed by atoms with Gasteiger partial charge in [0, 0.05) is 99.4 Å². The monoisotopic (exact) mass is 641 g/mol. The minimum Gasteiger partial charge on any atom is -0.381 e. The Morgan fingerprint density at radius 1 is 0.894 bits per heavy atom. The van der Waals surface area contributed by atoms with Gasteiger partial charge < -0.3 is 31.1 Å². The van der Waals surface area contributed by atoms with Crippen molar-refractivity contribution in [2.75, 3.05) is 68.0 Å². The first kappa shape index (κ1) is 32.2. The van der Waals surface area contributed by atoms with Gasteiger partial charge in [0.2, 0.25) is 0 Å². The van der Waals surface area contributed by atoms with Crippen LogP contribution >= 0.6 is 0 Å². The van der Waals surface area contributed by atoms with Crippen molar-refractivity contribution in [3.63, 3.8) is 0 Å². The van der Waals surface area contributed by atoms with Gasteiger partial charge in [-0.15, -0.1) is 0 Å². The summed E-state index contributed by atoms with van der Waals surface area (Å²) in [7, 11) is 0. The van der Waals surface area contributed by atoms with E-state index in [0.717, 1.165) is 55.3 Å². The van der Waals surface area contributed by atoms with Crippen LogP contribution in [0.25, 0.3) is 11.3 Å². The molecule has 1 atom stereocenters. The van der Waals surface area contributed by atoms with Crippen molar-refractivity contribution in [3.05, 3.63) is 53.5 Å². The van der Waals surface area contributed by atoms with E-state index in [1.54, 1.807) is 6.20 Å². The van der Waals surface area contributed by atoms with Crippen molar-refractivity contribution in [2.24, 2.45) is 5.73 Å². The predicted octanol–water partition coefficient (Wildman–Crippen LogP) is 4.44. The number of aromatic nitrogens is 3. The van der Waals surface area contributed by atoms with Gasteiger partial charge >= 0.3 is 0 Å². The molecule has 0 radical (unpaired) electrons. The van der Waals surface area contributed by atoms with Crippen LogP contribution in [-0.4, -0.2) is 100 Å².